The third-order valence-electron chi connectivity index (χ3n) is 24.9. The van der Waals surface area contributed by atoms with Gasteiger partial charge in [-0.1, -0.05) is 134 Å². The first-order valence-corrected chi connectivity index (χ1v) is 47.8. The van der Waals surface area contributed by atoms with E-state index in [-0.39, 0.29) is 91.6 Å². The molecule has 0 amide bonds. The molecule has 146 heavy (non-hydrogen) atoms. The summed E-state index contributed by atoms with van der Waals surface area (Å²) in [6, 6.07) is 53.8. The Morgan fingerprint density at radius 3 is 0.842 bits per heavy atom. The van der Waals surface area contributed by atoms with E-state index in [2.05, 4.69) is 107 Å². The number of para-hydroxylation sites is 4. The highest BCUT2D eigenvalue weighted by atomic mass is 35.5. The maximum atomic E-state index is 14.7. The molecule has 20 aromatic rings. The number of halogens is 4. The Kier molecular flexibility index (Phi) is 26.0. The van der Waals surface area contributed by atoms with Crippen molar-refractivity contribution >= 4 is 113 Å². The molecule has 0 spiro atoms. The van der Waals surface area contributed by atoms with Crippen LogP contribution in [0.1, 0.15) is 187 Å². The molecule has 0 aliphatic heterocycles. The Morgan fingerprint density at radius 1 is 0.322 bits per heavy atom. The van der Waals surface area contributed by atoms with Crippen molar-refractivity contribution in [3.8, 4) is 68.6 Å². The molecule has 24 rings (SSSR count). The Balaban J connectivity index is 0.000000114. The monoisotopic (exact) mass is 2000 g/mol. The fourth-order valence-electron chi connectivity index (χ4n) is 17.0. The van der Waals surface area contributed by atoms with Crippen molar-refractivity contribution in [1.82, 2.24) is 119 Å². The number of aromatic nitrogens is 24. The maximum Gasteiger partial charge on any atom is 0.269 e. The van der Waals surface area contributed by atoms with Crippen LogP contribution >= 0.6 is 23.2 Å². The Morgan fingerprint density at radius 2 is 0.568 bits per heavy atom. The highest BCUT2D eigenvalue weighted by molar-refractivity contribution is 6.35. The van der Waals surface area contributed by atoms with Crippen LogP contribution in [0.5, 0.6) is 0 Å². The molecule has 4 aliphatic rings. The van der Waals surface area contributed by atoms with Gasteiger partial charge in [0.05, 0.1) is 89.8 Å². The first kappa shape index (κ1) is 94.3. The molecule has 0 bridgehead atoms. The summed E-state index contributed by atoms with van der Waals surface area (Å²) in [4.78, 5) is 108. The lowest BCUT2D eigenvalue weighted by Gasteiger charge is -2.23. The maximum absolute atomic E-state index is 14.7. The second-order valence-electron chi connectivity index (χ2n) is 35.1. The molecule has 732 valence electrons. The van der Waals surface area contributed by atoms with E-state index in [0.29, 0.717) is 172 Å². The summed E-state index contributed by atoms with van der Waals surface area (Å²) in [5.74, 6) is 7.03. The van der Waals surface area contributed by atoms with E-state index in [0.717, 1.165) is 51.4 Å². The lowest BCUT2D eigenvalue weighted by molar-refractivity contribution is 0.508. The number of rotatable bonds is 26. The molecule has 12 heterocycles. The van der Waals surface area contributed by atoms with E-state index in [9.17, 15) is 28.0 Å². The van der Waals surface area contributed by atoms with Crippen LogP contribution in [0.4, 0.5) is 55.3 Å². The van der Waals surface area contributed by atoms with Gasteiger partial charge < -0.3 is 61.9 Å². The Bertz CT molecular complexity index is 8110. The van der Waals surface area contributed by atoms with Gasteiger partial charge in [0.15, 0.2) is 0 Å². The number of fused-ring (bicyclic) bond motifs is 4. The van der Waals surface area contributed by atoms with Gasteiger partial charge in [0.1, 0.15) is 140 Å². The van der Waals surface area contributed by atoms with Crippen LogP contribution in [0.15, 0.2) is 256 Å². The van der Waals surface area contributed by atoms with Crippen molar-refractivity contribution < 1.29 is 26.4 Å². The number of nitrogens with two attached hydrogens (primary N) is 4. The molecular formula is C102H88Cl2F2N32O8. The van der Waals surface area contributed by atoms with Crippen molar-refractivity contribution in [2.24, 2.45) is 0 Å². The third kappa shape index (κ3) is 19.0. The van der Waals surface area contributed by atoms with Crippen LogP contribution in [0, 0.1) is 11.6 Å². The minimum Gasteiger partial charge on any atom is -0.420 e. The summed E-state index contributed by atoms with van der Waals surface area (Å²) < 4.78 is 58.9. The van der Waals surface area contributed by atoms with Crippen molar-refractivity contribution in [2.75, 3.05) is 44.2 Å². The summed E-state index contributed by atoms with van der Waals surface area (Å²) in [5.41, 5.74) is 28.8. The van der Waals surface area contributed by atoms with Gasteiger partial charge in [0, 0.05) is 23.7 Å². The average Bonchev–Trinajstić information content (AvgIpc) is 1.02. The van der Waals surface area contributed by atoms with Gasteiger partial charge >= 0.3 is 0 Å². The van der Waals surface area contributed by atoms with Crippen LogP contribution in [-0.2, 0) is 0 Å². The molecule has 0 radical (unpaired) electrons. The standard InChI is InChI=1S/C26H23ClN8O2.C26H23FN8O2.C25H21ClN8O2.C25H21FN8O2/c2*1-2-17(31-22-20(21(28)29-13-30-22)25-34-33-24(37-25)14-11-12-14)23-32-18-10-6-9-16(27)19(18)26(36)35(23)15-7-4-3-5-8-15;2*1-13(30-21-19(20(27)28-12-29-21)24-33-32-23(36-24)14-10-11-14)22-31-17-9-5-8-16(26)18(17)25(35)34(22)15-6-3-2-4-7-15/h2*3-10,13-14,17H,2,11-12H2,1H3,(H3,28,29,30,31);2*2-9,12-14H,10-11H2,1H3,(H3,27,28,29,30)/t2*17-;2*13-/m0000/s1. The van der Waals surface area contributed by atoms with E-state index in [1.54, 1.807) is 94.1 Å². The van der Waals surface area contributed by atoms with Crippen LogP contribution in [0.2, 0.25) is 10.0 Å². The smallest absolute Gasteiger partial charge is 0.269 e. The lowest BCUT2D eigenvalue weighted by Crippen LogP contribution is -2.29. The summed E-state index contributed by atoms with van der Waals surface area (Å²) in [7, 11) is 0. The Labute approximate surface area is 835 Å². The molecule has 40 nitrogen and oxygen atoms in total. The van der Waals surface area contributed by atoms with Crippen molar-refractivity contribution in [1.29, 1.82) is 0 Å². The van der Waals surface area contributed by atoms with Gasteiger partial charge in [-0.2, -0.15) is 0 Å². The largest absolute Gasteiger partial charge is 0.420 e. The van der Waals surface area contributed by atoms with E-state index >= 15 is 0 Å². The zero-order chi connectivity index (χ0) is 101. The first-order valence-electron chi connectivity index (χ1n) is 47.0. The van der Waals surface area contributed by atoms with Gasteiger partial charge in [-0.05, 0) is 175 Å². The fraction of sp³-hybridized carbons (Fsp3) is 0.216. The van der Waals surface area contributed by atoms with Crippen molar-refractivity contribution in [3.63, 3.8) is 0 Å². The topological polar surface area (TPSA) is 551 Å². The number of nitrogens with zero attached hydrogens (tertiary/aromatic N) is 24. The molecule has 4 saturated carbocycles. The minimum absolute atomic E-state index is 0.0737. The number of hydrogen-bond donors (Lipinski definition) is 8. The molecule has 4 aliphatic carbocycles. The van der Waals surface area contributed by atoms with Crippen molar-refractivity contribution in [2.45, 2.75) is 140 Å². The molecule has 4 atom stereocenters. The molecule has 8 aromatic carbocycles. The Hall–Kier alpha value is -18.0. The number of nitrogen functional groups attached to an aromatic ring is 4. The average molecular weight is 2000 g/mol. The van der Waals surface area contributed by atoms with Crippen LogP contribution in [-0.4, -0.2) is 119 Å². The highest BCUT2D eigenvalue weighted by Gasteiger charge is 2.38. The molecule has 0 unspecified atom stereocenters. The lowest BCUT2D eigenvalue weighted by atomic mass is 10.1. The zero-order valence-electron chi connectivity index (χ0n) is 78.3. The molecule has 0 saturated heterocycles. The van der Waals surface area contributed by atoms with Crippen LogP contribution in [0.25, 0.3) is 112 Å². The van der Waals surface area contributed by atoms with Gasteiger partial charge in [0.2, 0.25) is 23.6 Å². The van der Waals surface area contributed by atoms with E-state index in [4.69, 9.17) is 78.8 Å². The second-order valence-corrected chi connectivity index (χ2v) is 35.9. The molecule has 44 heteroatoms. The minimum atomic E-state index is -0.629. The second kappa shape index (κ2) is 40.2. The van der Waals surface area contributed by atoms with E-state index in [1.165, 1.54) is 58.7 Å². The van der Waals surface area contributed by atoms with Crippen molar-refractivity contribution in [3.05, 3.63) is 329 Å². The molecule has 12 N–H and O–H groups in total. The van der Waals surface area contributed by atoms with Gasteiger partial charge in [-0.15, -0.1) is 40.8 Å². The number of anilines is 8. The summed E-state index contributed by atoms with van der Waals surface area (Å²) in [6.45, 7) is 7.63. The highest BCUT2D eigenvalue weighted by Crippen LogP contribution is 2.47. The predicted octanol–water partition coefficient (Wildman–Crippen LogP) is 17.8. The van der Waals surface area contributed by atoms with Gasteiger partial charge in [-0.3, -0.25) is 37.4 Å². The first-order chi connectivity index (χ1) is 71.1. The molecule has 4 fully saturated rings. The summed E-state index contributed by atoms with van der Waals surface area (Å²) in [6.07, 6.45) is 14.6. The summed E-state index contributed by atoms with van der Waals surface area (Å²) in [5, 5.41) is 47.9. The SMILES string of the molecule is CC[C@H](Nc1ncnc(N)c1-c1nnc(C2CC2)o1)c1nc2cccc(Cl)c2c(=O)n1-c1ccccc1.CC[C@H](Nc1ncnc(N)c1-c1nnc(C2CC2)o1)c1nc2cccc(F)c2c(=O)n1-c1ccccc1.C[C@H](Nc1ncnc(N)c1-c1nnc(C2CC2)o1)c1nc2cccc(Cl)c2c(=O)n1-c1ccccc1.C[C@H](Nc1ncnc(N)c1-c1nnc(C2CC2)o1)c1nc2cccc(F)c2c(=O)n1-c1ccccc1. The number of hydrogen-bond acceptors (Lipinski definition) is 36. The normalized spacial score (nSPS) is 14.1. The molecule has 12 aromatic heterocycles. The van der Waals surface area contributed by atoms with Crippen LogP contribution < -0.4 is 66.4 Å². The molecular weight excluding hydrogens is 1910 g/mol. The van der Waals surface area contributed by atoms with E-state index in [1.807, 2.05) is 113 Å². The number of nitrogens with one attached hydrogen (secondary N) is 4. The third-order valence-corrected chi connectivity index (χ3v) is 25.6. The quantitative estimate of drug-likeness (QED) is 0.0250. The van der Waals surface area contributed by atoms with E-state index < -0.39 is 46.9 Å². The fourth-order valence-corrected chi connectivity index (χ4v) is 17.5. The van der Waals surface area contributed by atoms with Gasteiger partial charge in [-0.25, -0.2) is 68.6 Å². The van der Waals surface area contributed by atoms with Gasteiger partial charge in [0.25, 0.3) is 45.8 Å². The number of benzene rings is 8. The summed E-state index contributed by atoms with van der Waals surface area (Å²) >= 11 is 12.8. The predicted molar refractivity (Wildman–Crippen MR) is 544 cm³/mol. The zero-order valence-corrected chi connectivity index (χ0v) is 79.8. The van der Waals surface area contributed by atoms with Crippen LogP contribution in [0.3, 0.4) is 0 Å².